The predicted octanol–water partition coefficient (Wildman–Crippen LogP) is 4.43. The SMILES string of the molecule is Cc1ccc(N/C(=N/S(=O)(=O)c2ccc(Br)cc2)Nc2nc(C)cc(C)n2)cc1. The first-order valence-corrected chi connectivity index (χ1v) is 11.0. The van der Waals surface area contributed by atoms with E-state index >= 15 is 0 Å². The molecule has 0 aliphatic heterocycles. The highest BCUT2D eigenvalue weighted by molar-refractivity contribution is 9.10. The average Bonchev–Trinajstić information content (AvgIpc) is 2.63. The van der Waals surface area contributed by atoms with Gasteiger partial charge in [0.2, 0.25) is 11.9 Å². The molecule has 0 spiro atoms. The fraction of sp³-hybridized carbons (Fsp3) is 0.150. The third-order valence-electron chi connectivity index (χ3n) is 3.85. The van der Waals surface area contributed by atoms with Crippen molar-refractivity contribution in [1.82, 2.24) is 9.97 Å². The zero-order chi connectivity index (χ0) is 21.0. The van der Waals surface area contributed by atoms with Gasteiger partial charge in [-0.1, -0.05) is 33.6 Å². The van der Waals surface area contributed by atoms with E-state index in [1.165, 1.54) is 12.1 Å². The molecule has 0 radical (unpaired) electrons. The first kappa shape index (κ1) is 20.9. The number of nitrogens with one attached hydrogen (secondary N) is 2. The minimum atomic E-state index is -3.96. The van der Waals surface area contributed by atoms with Crippen molar-refractivity contribution in [1.29, 1.82) is 0 Å². The molecule has 0 amide bonds. The van der Waals surface area contributed by atoms with Crippen molar-refractivity contribution in [2.45, 2.75) is 25.7 Å². The largest absolute Gasteiger partial charge is 0.325 e. The van der Waals surface area contributed by atoms with Crippen LogP contribution in [-0.4, -0.2) is 24.3 Å². The Morgan fingerprint density at radius 1 is 0.897 bits per heavy atom. The lowest BCUT2D eigenvalue weighted by atomic mass is 10.2. The first-order valence-electron chi connectivity index (χ1n) is 8.75. The van der Waals surface area contributed by atoms with Crippen LogP contribution in [0.2, 0.25) is 0 Å². The minimum Gasteiger partial charge on any atom is -0.325 e. The summed E-state index contributed by atoms with van der Waals surface area (Å²) in [4.78, 5) is 8.68. The number of guanidine groups is 1. The van der Waals surface area contributed by atoms with E-state index in [9.17, 15) is 8.42 Å². The Morgan fingerprint density at radius 2 is 1.48 bits per heavy atom. The Hall–Kier alpha value is -2.78. The van der Waals surface area contributed by atoms with Crippen molar-refractivity contribution in [3.05, 3.63) is 76.0 Å². The van der Waals surface area contributed by atoms with E-state index in [0.29, 0.717) is 5.69 Å². The Labute approximate surface area is 178 Å². The fourth-order valence-corrected chi connectivity index (χ4v) is 3.70. The van der Waals surface area contributed by atoms with Crippen LogP contribution in [-0.2, 0) is 10.0 Å². The number of hydrogen-bond acceptors (Lipinski definition) is 4. The van der Waals surface area contributed by atoms with Gasteiger partial charge in [0, 0.05) is 21.5 Å². The Balaban J connectivity index is 1.99. The number of benzene rings is 2. The first-order chi connectivity index (χ1) is 13.7. The van der Waals surface area contributed by atoms with Gasteiger partial charge in [-0.3, -0.25) is 5.32 Å². The molecular weight excluding hydrogens is 454 g/mol. The summed E-state index contributed by atoms with van der Waals surface area (Å²) in [6.07, 6.45) is 0. The fourth-order valence-electron chi connectivity index (χ4n) is 2.52. The molecule has 0 fully saturated rings. The molecule has 2 N–H and O–H groups in total. The average molecular weight is 474 g/mol. The number of aromatic nitrogens is 2. The molecule has 0 atom stereocenters. The number of aryl methyl sites for hydroxylation is 3. The topological polar surface area (TPSA) is 96.3 Å². The van der Waals surface area contributed by atoms with Gasteiger partial charge in [0.15, 0.2) is 0 Å². The summed E-state index contributed by atoms with van der Waals surface area (Å²) >= 11 is 3.30. The van der Waals surface area contributed by atoms with E-state index < -0.39 is 10.0 Å². The van der Waals surface area contributed by atoms with Gasteiger partial charge in [-0.2, -0.15) is 8.42 Å². The van der Waals surface area contributed by atoms with Crippen LogP contribution in [0.3, 0.4) is 0 Å². The second-order valence-corrected chi connectivity index (χ2v) is 8.98. The third kappa shape index (κ3) is 5.85. The van der Waals surface area contributed by atoms with E-state index in [4.69, 9.17) is 0 Å². The molecule has 9 heteroatoms. The van der Waals surface area contributed by atoms with E-state index in [0.717, 1.165) is 21.4 Å². The van der Waals surface area contributed by atoms with Crippen molar-refractivity contribution in [3.63, 3.8) is 0 Å². The molecule has 3 aromatic rings. The van der Waals surface area contributed by atoms with Crippen molar-refractivity contribution in [2.75, 3.05) is 10.6 Å². The molecule has 0 unspecified atom stereocenters. The molecule has 0 aliphatic rings. The zero-order valence-electron chi connectivity index (χ0n) is 16.1. The van der Waals surface area contributed by atoms with Gasteiger partial charge < -0.3 is 5.32 Å². The van der Waals surface area contributed by atoms with E-state index in [2.05, 4.69) is 40.9 Å². The van der Waals surface area contributed by atoms with Crippen LogP contribution in [0.5, 0.6) is 0 Å². The summed E-state index contributed by atoms with van der Waals surface area (Å²) in [7, 11) is -3.96. The summed E-state index contributed by atoms with van der Waals surface area (Å²) in [6, 6.07) is 15.6. The van der Waals surface area contributed by atoms with Crippen LogP contribution < -0.4 is 10.6 Å². The maximum absolute atomic E-state index is 12.8. The van der Waals surface area contributed by atoms with Crippen LogP contribution in [0.15, 0.2) is 68.4 Å². The highest BCUT2D eigenvalue weighted by atomic mass is 79.9. The highest BCUT2D eigenvalue weighted by Crippen LogP contribution is 2.18. The summed E-state index contributed by atoms with van der Waals surface area (Å²) in [6.45, 7) is 5.64. The molecule has 3 rings (SSSR count). The number of nitrogens with zero attached hydrogens (tertiary/aromatic N) is 3. The number of rotatable bonds is 4. The van der Waals surface area contributed by atoms with Crippen LogP contribution in [0.25, 0.3) is 0 Å². The molecule has 0 saturated heterocycles. The lowest BCUT2D eigenvalue weighted by molar-refractivity contribution is 0.598. The quantitative estimate of drug-likeness (QED) is 0.429. The van der Waals surface area contributed by atoms with Crippen molar-refractivity contribution in [3.8, 4) is 0 Å². The van der Waals surface area contributed by atoms with E-state index in [1.54, 1.807) is 12.1 Å². The van der Waals surface area contributed by atoms with Crippen LogP contribution >= 0.6 is 15.9 Å². The molecule has 0 aliphatic carbocycles. The molecule has 0 bridgehead atoms. The van der Waals surface area contributed by atoms with Gasteiger partial charge >= 0.3 is 0 Å². The Kier molecular flexibility index (Phi) is 6.29. The van der Waals surface area contributed by atoms with E-state index in [-0.39, 0.29) is 16.8 Å². The summed E-state index contributed by atoms with van der Waals surface area (Å²) < 4.78 is 30.3. The van der Waals surface area contributed by atoms with Gasteiger partial charge in [-0.15, -0.1) is 4.40 Å². The monoisotopic (exact) mass is 473 g/mol. The van der Waals surface area contributed by atoms with Crippen LogP contribution in [0.1, 0.15) is 17.0 Å². The summed E-state index contributed by atoms with van der Waals surface area (Å²) in [5, 5.41) is 5.89. The van der Waals surface area contributed by atoms with Crippen molar-refractivity contribution < 1.29 is 8.42 Å². The van der Waals surface area contributed by atoms with Crippen LogP contribution in [0, 0.1) is 20.8 Å². The van der Waals surface area contributed by atoms with Gasteiger partial charge in [0.05, 0.1) is 4.90 Å². The summed E-state index contributed by atoms with van der Waals surface area (Å²) in [5.41, 5.74) is 3.27. The zero-order valence-corrected chi connectivity index (χ0v) is 18.5. The molecule has 7 nitrogen and oxygen atoms in total. The minimum absolute atomic E-state index is 0.00164. The molecule has 1 heterocycles. The van der Waals surface area contributed by atoms with Crippen molar-refractivity contribution in [2.24, 2.45) is 4.40 Å². The standard InChI is InChI=1S/C20H20BrN5O2S/c1-13-4-8-17(9-5-13)24-20(25-19-22-14(2)12-15(3)23-19)26-29(27,28)18-10-6-16(21)7-11-18/h4-12H,1-3H3,(H2,22,23,24,25,26). The number of halogens is 1. The van der Waals surface area contributed by atoms with Gasteiger partial charge in [-0.05, 0) is 63.2 Å². The molecule has 29 heavy (non-hydrogen) atoms. The lowest BCUT2D eigenvalue weighted by Gasteiger charge is -2.12. The molecule has 0 saturated carbocycles. The normalized spacial score (nSPS) is 11.9. The molecule has 1 aromatic heterocycles. The van der Waals surface area contributed by atoms with Gasteiger partial charge in [0.25, 0.3) is 10.0 Å². The Morgan fingerprint density at radius 3 is 2.07 bits per heavy atom. The number of anilines is 2. The lowest BCUT2D eigenvalue weighted by Crippen LogP contribution is -2.25. The third-order valence-corrected chi connectivity index (χ3v) is 5.67. The highest BCUT2D eigenvalue weighted by Gasteiger charge is 2.16. The second kappa shape index (κ2) is 8.71. The number of sulfonamides is 1. The molecule has 150 valence electrons. The molecular formula is C20H20BrN5O2S. The maximum Gasteiger partial charge on any atom is 0.285 e. The van der Waals surface area contributed by atoms with E-state index in [1.807, 2.05) is 51.1 Å². The second-order valence-electron chi connectivity index (χ2n) is 6.46. The van der Waals surface area contributed by atoms with Crippen LogP contribution in [0.4, 0.5) is 11.6 Å². The maximum atomic E-state index is 12.8. The smallest absolute Gasteiger partial charge is 0.285 e. The number of hydrogen-bond donors (Lipinski definition) is 2. The van der Waals surface area contributed by atoms with Gasteiger partial charge in [0.1, 0.15) is 0 Å². The predicted molar refractivity (Wildman–Crippen MR) is 119 cm³/mol. The van der Waals surface area contributed by atoms with Crippen molar-refractivity contribution >= 4 is 43.5 Å². The summed E-state index contributed by atoms with van der Waals surface area (Å²) in [5.74, 6) is 0.258. The Bertz CT molecular complexity index is 1120. The van der Waals surface area contributed by atoms with Gasteiger partial charge in [-0.25, -0.2) is 9.97 Å². The molecule has 2 aromatic carbocycles.